The molecule has 0 aliphatic carbocycles. The number of aromatic amines is 1. The summed E-state index contributed by atoms with van der Waals surface area (Å²) >= 11 is 14.2. The van der Waals surface area contributed by atoms with Crippen LogP contribution in [0.2, 0.25) is 10.2 Å². The Kier molecular flexibility index (Phi) is 4.13. The van der Waals surface area contributed by atoms with Crippen LogP contribution in [0.15, 0.2) is 22.7 Å². The van der Waals surface area contributed by atoms with Gasteiger partial charge in [0.25, 0.3) is 5.91 Å². The zero-order valence-electron chi connectivity index (χ0n) is 9.03. The summed E-state index contributed by atoms with van der Waals surface area (Å²) < 4.78 is 26.7. The number of aromatic nitrogens is 1. The van der Waals surface area contributed by atoms with E-state index in [4.69, 9.17) is 23.2 Å². The second-order valence-corrected chi connectivity index (χ2v) is 5.18. The SMILES string of the molecule is O=C(Nc1cc(F)c(Br)cc1F)c1cc(Cl)c(Cl)[nH]1. The lowest BCUT2D eigenvalue weighted by molar-refractivity contribution is 0.102. The molecule has 100 valence electrons. The topological polar surface area (TPSA) is 44.9 Å². The Labute approximate surface area is 125 Å². The standard InChI is InChI=1S/C11H5BrCl2F2N2O/c12-4-1-7(16)8(3-6(4)15)18-11(19)9-2-5(13)10(14)17-9/h1-3,17H,(H,18,19). The lowest BCUT2D eigenvalue weighted by atomic mass is 10.3. The second-order valence-electron chi connectivity index (χ2n) is 3.55. The van der Waals surface area contributed by atoms with Crippen molar-refractivity contribution < 1.29 is 13.6 Å². The fourth-order valence-corrected chi connectivity index (χ4v) is 1.96. The number of amides is 1. The van der Waals surface area contributed by atoms with Gasteiger partial charge in [0.2, 0.25) is 0 Å². The predicted molar refractivity (Wildman–Crippen MR) is 72.8 cm³/mol. The molecule has 0 unspecified atom stereocenters. The molecule has 1 heterocycles. The third-order valence-electron chi connectivity index (χ3n) is 2.23. The van der Waals surface area contributed by atoms with E-state index in [-0.39, 0.29) is 26.0 Å². The molecular weight excluding hydrogens is 365 g/mol. The summed E-state index contributed by atoms with van der Waals surface area (Å²) in [6, 6.07) is 3.06. The third-order valence-corrected chi connectivity index (χ3v) is 3.53. The molecule has 19 heavy (non-hydrogen) atoms. The van der Waals surface area contributed by atoms with E-state index in [0.717, 1.165) is 12.1 Å². The first-order valence-electron chi connectivity index (χ1n) is 4.88. The van der Waals surface area contributed by atoms with Gasteiger partial charge in [-0.3, -0.25) is 4.79 Å². The minimum Gasteiger partial charge on any atom is -0.340 e. The van der Waals surface area contributed by atoms with Crippen LogP contribution in [0.4, 0.5) is 14.5 Å². The maximum Gasteiger partial charge on any atom is 0.272 e. The summed E-state index contributed by atoms with van der Waals surface area (Å²) in [6.45, 7) is 0. The molecule has 2 aromatic rings. The van der Waals surface area contributed by atoms with Gasteiger partial charge in [-0.15, -0.1) is 0 Å². The number of halogens is 5. The number of rotatable bonds is 2. The molecule has 8 heteroatoms. The van der Waals surface area contributed by atoms with Crippen LogP contribution in [0.5, 0.6) is 0 Å². The van der Waals surface area contributed by atoms with Crippen LogP contribution in [-0.2, 0) is 0 Å². The maximum absolute atomic E-state index is 13.5. The Balaban J connectivity index is 2.26. The van der Waals surface area contributed by atoms with E-state index in [9.17, 15) is 13.6 Å². The first kappa shape index (κ1) is 14.3. The van der Waals surface area contributed by atoms with Gasteiger partial charge in [0.1, 0.15) is 22.5 Å². The van der Waals surface area contributed by atoms with Gasteiger partial charge in [-0.05, 0) is 28.1 Å². The van der Waals surface area contributed by atoms with Gasteiger partial charge < -0.3 is 10.3 Å². The number of anilines is 1. The lowest BCUT2D eigenvalue weighted by Crippen LogP contribution is -2.13. The van der Waals surface area contributed by atoms with E-state index in [2.05, 4.69) is 26.2 Å². The highest BCUT2D eigenvalue weighted by molar-refractivity contribution is 9.10. The van der Waals surface area contributed by atoms with Gasteiger partial charge in [0, 0.05) is 6.07 Å². The van der Waals surface area contributed by atoms with Crippen molar-refractivity contribution >= 4 is 50.7 Å². The molecule has 0 fully saturated rings. The summed E-state index contributed by atoms with van der Waals surface area (Å²) in [6.07, 6.45) is 0. The molecule has 0 saturated heterocycles. The van der Waals surface area contributed by atoms with Gasteiger partial charge in [-0.2, -0.15) is 0 Å². The average Bonchev–Trinajstić information content (AvgIpc) is 2.67. The Bertz CT molecular complexity index is 641. The second kappa shape index (κ2) is 5.48. The zero-order valence-corrected chi connectivity index (χ0v) is 12.1. The number of hydrogen-bond acceptors (Lipinski definition) is 1. The number of benzene rings is 1. The zero-order chi connectivity index (χ0) is 14.2. The molecule has 0 radical (unpaired) electrons. The molecule has 0 atom stereocenters. The Hall–Kier alpha value is -1.11. The molecule has 1 aromatic heterocycles. The number of carbonyl (C=O) groups is 1. The number of carbonyl (C=O) groups excluding carboxylic acids is 1. The lowest BCUT2D eigenvalue weighted by Gasteiger charge is -2.06. The highest BCUT2D eigenvalue weighted by Crippen LogP contribution is 2.25. The fraction of sp³-hybridized carbons (Fsp3) is 0. The quantitative estimate of drug-likeness (QED) is 0.745. The first-order chi connectivity index (χ1) is 8.88. The van der Waals surface area contributed by atoms with E-state index in [1.807, 2.05) is 0 Å². The van der Waals surface area contributed by atoms with Crippen molar-refractivity contribution in [2.24, 2.45) is 0 Å². The fourth-order valence-electron chi connectivity index (χ4n) is 1.33. The van der Waals surface area contributed by atoms with Crippen LogP contribution in [0.25, 0.3) is 0 Å². The van der Waals surface area contributed by atoms with Crippen LogP contribution in [0.1, 0.15) is 10.5 Å². The number of H-pyrrole nitrogens is 1. The molecule has 0 spiro atoms. The maximum atomic E-state index is 13.5. The summed E-state index contributed by atoms with van der Waals surface area (Å²) in [5.74, 6) is -2.15. The molecule has 0 saturated carbocycles. The minimum atomic E-state index is -0.773. The molecule has 2 N–H and O–H groups in total. The molecule has 2 rings (SSSR count). The highest BCUT2D eigenvalue weighted by Gasteiger charge is 2.15. The van der Waals surface area contributed by atoms with E-state index in [1.54, 1.807) is 0 Å². The summed E-state index contributed by atoms with van der Waals surface area (Å²) in [7, 11) is 0. The molecular formula is C11H5BrCl2F2N2O. The smallest absolute Gasteiger partial charge is 0.272 e. The van der Waals surface area contributed by atoms with Gasteiger partial charge in [-0.1, -0.05) is 23.2 Å². The first-order valence-corrected chi connectivity index (χ1v) is 6.43. The molecule has 0 bridgehead atoms. The number of nitrogens with one attached hydrogen (secondary N) is 2. The largest absolute Gasteiger partial charge is 0.340 e. The predicted octanol–water partition coefficient (Wildman–Crippen LogP) is 4.61. The molecule has 0 aliphatic heterocycles. The van der Waals surface area contributed by atoms with E-state index in [0.29, 0.717) is 0 Å². The highest BCUT2D eigenvalue weighted by atomic mass is 79.9. The van der Waals surface area contributed by atoms with Crippen molar-refractivity contribution in [3.8, 4) is 0 Å². The Morgan fingerprint density at radius 1 is 1.21 bits per heavy atom. The van der Waals surface area contributed by atoms with Crippen molar-refractivity contribution in [2.45, 2.75) is 0 Å². The Morgan fingerprint density at radius 3 is 2.47 bits per heavy atom. The van der Waals surface area contributed by atoms with Crippen molar-refractivity contribution in [2.75, 3.05) is 5.32 Å². The minimum absolute atomic E-state index is 0.0334. The van der Waals surface area contributed by atoms with Crippen LogP contribution in [0, 0.1) is 11.6 Å². The monoisotopic (exact) mass is 368 g/mol. The molecule has 3 nitrogen and oxygen atoms in total. The van der Waals surface area contributed by atoms with Crippen LogP contribution >= 0.6 is 39.1 Å². The molecule has 1 aromatic carbocycles. The van der Waals surface area contributed by atoms with Crippen LogP contribution in [-0.4, -0.2) is 10.9 Å². The summed E-state index contributed by atoms with van der Waals surface area (Å²) in [4.78, 5) is 14.3. The van der Waals surface area contributed by atoms with Crippen molar-refractivity contribution in [1.29, 1.82) is 0 Å². The number of hydrogen-bond donors (Lipinski definition) is 2. The van der Waals surface area contributed by atoms with Crippen molar-refractivity contribution in [3.63, 3.8) is 0 Å². The summed E-state index contributed by atoms with van der Waals surface area (Å²) in [5.41, 5.74) is -0.245. The molecule has 0 aliphatic rings. The van der Waals surface area contributed by atoms with E-state index < -0.39 is 17.5 Å². The van der Waals surface area contributed by atoms with Crippen molar-refractivity contribution in [1.82, 2.24) is 4.98 Å². The van der Waals surface area contributed by atoms with Gasteiger partial charge in [0.15, 0.2) is 0 Å². The Morgan fingerprint density at radius 2 is 1.89 bits per heavy atom. The van der Waals surface area contributed by atoms with E-state index >= 15 is 0 Å². The summed E-state index contributed by atoms with van der Waals surface area (Å²) in [5, 5.41) is 2.47. The van der Waals surface area contributed by atoms with Crippen LogP contribution < -0.4 is 5.32 Å². The van der Waals surface area contributed by atoms with Gasteiger partial charge in [0.05, 0.1) is 15.2 Å². The van der Waals surface area contributed by atoms with E-state index in [1.165, 1.54) is 6.07 Å². The van der Waals surface area contributed by atoms with Crippen molar-refractivity contribution in [3.05, 3.63) is 50.2 Å². The average molecular weight is 370 g/mol. The van der Waals surface area contributed by atoms with Gasteiger partial charge in [-0.25, -0.2) is 8.78 Å². The third kappa shape index (κ3) is 3.08. The molecule has 1 amide bonds. The normalized spacial score (nSPS) is 10.6. The van der Waals surface area contributed by atoms with Crippen LogP contribution in [0.3, 0.4) is 0 Å². The van der Waals surface area contributed by atoms with Gasteiger partial charge >= 0.3 is 0 Å².